The molecule has 1 saturated heterocycles. The zero-order chi connectivity index (χ0) is 27.5. The van der Waals surface area contributed by atoms with E-state index >= 15 is 0 Å². The van der Waals surface area contributed by atoms with E-state index in [4.69, 9.17) is 14.3 Å². The largest absolute Gasteiger partial charge is 0.484 e. The van der Waals surface area contributed by atoms with Gasteiger partial charge in [0.15, 0.2) is 6.61 Å². The summed E-state index contributed by atoms with van der Waals surface area (Å²) < 4.78 is 50.0. The SMILES string of the molecule is O=C(COc1ccc(/C(Cc2ccccc2)=N/OCc2cccc(C(F)(F)F)c2)cc1)NCC1CCOCC1. The zero-order valence-corrected chi connectivity index (χ0v) is 21.5. The molecule has 0 saturated carbocycles. The summed E-state index contributed by atoms with van der Waals surface area (Å²) in [7, 11) is 0. The second kappa shape index (κ2) is 13.8. The van der Waals surface area contributed by atoms with Gasteiger partial charge in [-0.2, -0.15) is 13.2 Å². The number of carbonyl (C=O) groups excluding carboxylic acids is 1. The lowest BCUT2D eigenvalue weighted by atomic mass is 10.0. The molecule has 6 nitrogen and oxygen atoms in total. The number of oxime groups is 1. The minimum atomic E-state index is -4.42. The third kappa shape index (κ3) is 9.14. The Labute approximate surface area is 225 Å². The molecule has 1 N–H and O–H groups in total. The van der Waals surface area contributed by atoms with E-state index in [1.54, 1.807) is 18.2 Å². The lowest BCUT2D eigenvalue weighted by Gasteiger charge is -2.22. The number of hydrogen-bond acceptors (Lipinski definition) is 5. The number of nitrogens with zero attached hydrogens (tertiary/aromatic N) is 1. The van der Waals surface area contributed by atoms with Gasteiger partial charge in [-0.25, -0.2) is 0 Å². The highest BCUT2D eigenvalue weighted by molar-refractivity contribution is 6.01. The normalized spacial score (nSPS) is 14.6. The summed E-state index contributed by atoms with van der Waals surface area (Å²) in [6, 6.07) is 21.8. The monoisotopic (exact) mass is 540 g/mol. The Morgan fingerprint density at radius 2 is 1.67 bits per heavy atom. The van der Waals surface area contributed by atoms with Crippen molar-refractivity contribution in [3.05, 3.63) is 101 Å². The van der Waals surface area contributed by atoms with E-state index < -0.39 is 11.7 Å². The fraction of sp³-hybridized carbons (Fsp3) is 0.333. The molecule has 1 aliphatic rings. The van der Waals surface area contributed by atoms with Crippen molar-refractivity contribution in [3.63, 3.8) is 0 Å². The lowest BCUT2D eigenvalue weighted by Crippen LogP contribution is -2.35. The van der Waals surface area contributed by atoms with E-state index in [9.17, 15) is 18.0 Å². The van der Waals surface area contributed by atoms with E-state index in [0.29, 0.717) is 35.9 Å². The smallest absolute Gasteiger partial charge is 0.416 e. The number of ether oxygens (including phenoxy) is 2. The van der Waals surface area contributed by atoms with Gasteiger partial charge in [-0.1, -0.05) is 47.6 Å². The Hall–Kier alpha value is -3.85. The van der Waals surface area contributed by atoms with Crippen LogP contribution >= 0.6 is 0 Å². The van der Waals surface area contributed by atoms with Crippen LogP contribution in [0.2, 0.25) is 0 Å². The maximum absolute atomic E-state index is 13.0. The molecule has 1 heterocycles. The minimum absolute atomic E-state index is 0.0897. The molecule has 0 unspecified atom stereocenters. The average molecular weight is 541 g/mol. The molecule has 3 aromatic carbocycles. The molecule has 206 valence electrons. The van der Waals surface area contributed by atoms with Crippen molar-refractivity contribution in [2.75, 3.05) is 26.4 Å². The van der Waals surface area contributed by atoms with Gasteiger partial charge in [0.25, 0.3) is 5.91 Å². The highest BCUT2D eigenvalue weighted by atomic mass is 19.4. The van der Waals surface area contributed by atoms with Crippen LogP contribution < -0.4 is 10.1 Å². The molecule has 1 fully saturated rings. The first-order valence-electron chi connectivity index (χ1n) is 12.8. The topological polar surface area (TPSA) is 69.2 Å². The summed E-state index contributed by atoms with van der Waals surface area (Å²) in [6.45, 7) is 1.88. The summed E-state index contributed by atoms with van der Waals surface area (Å²) in [5.74, 6) is 0.781. The fourth-order valence-corrected chi connectivity index (χ4v) is 4.15. The van der Waals surface area contributed by atoms with E-state index in [1.807, 2.05) is 42.5 Å². The highest BCUT2D eigenvalue weighted by Gasteiger charge is 2.30. The van der Waals surface area contributed by atoms with Crippen LogP contribution in [0, 0.1) is 5.92 Å². The number of nitrogens with one attached hydrogen (secondary N) is 1. The molecule has 0 spiro atoms. The molecular weight excluding hydrogens is 509 g/mol. The fourth-order valence-electron chi connectivity index (χ4n) is 4.15. The predicted octanol–water partition coefficient (Wildman–Crippen LogP) is 5.79. The molecule has 0 radical (unpaired) electrons. The molecular formula is C30H31F3N2O4. The molecule has 1 amide bonds. The van der Waals surface area contributed by atoms with Crippen molar-refractivity contribution < 1.29 is 32.3 Å². The van der Waals surface area contributed by atoms with Gasteiger partial charge in [-0.3, -0.25) is 4.79 Å². The number of halogens is 3. The second-order valence-corrected chi connectivity index (χ2v) is 9.34. The molecule has 4 rings (SSSR count). The Bertz CT molecular complexity index is 1220. The molecule has 3 aromatic rings. The van der Waals surface area contributed by atoms with E-state index in [-0.39, 0.29) is 19.1 Å². The Morgan fingerprint density at radius 1 is 0.949 bits per heavy atom. The van der Waals surface area contributed by atoms with Gasteiger partial charge in [-0.15, -0.1) is 0 Å². The van der Waals surface area contributed by atoms with Crippen molar-refractivity contribution in [1.82, 2.24) is 5.32 Å². The predicted molar refractivity (Wildman–Crippen MR) is 141 cm³/mol. The molecule has 9 heteroatoms. The van der Waals surface area contributed by atoms with Crippen LogP contribution in [-0.4, -0.2) is 38.0 Å². The van der Waals surface area contributed by atoms with Gasteiger partial charge in [0, 0.05) is 26.2 Å². The van der Waals surface area contributed by atoms with Gasteiger partial charge in [0.2, 0.25) is 0 Å². The summed E-state index contributed by atoms with van der Waals surface area (Å²) in [5.41, 5.74) is 2.00. The van der Waals surface area contributed by atoms with Gasteiger partial charge in [-0.05, 0) is 71.8 Å². The molecule has 0 aliphatic carbocycles. The number of alkyl halides is 3. The standard InChI is InChI=1S/C30H31F3N2O4/c31-30(32,33)26-8-4-7-24(17-26)20-39-35-28(18-22-5-2-1-3-6-22)25-9-11-27(12-10-25)38-21-29(36)34-19-23-13-15-37-16-14-23/h1-12,17,23H,13-16,18-21H2,(H,34,36)/b35-28+. The van der Waals surface area contributed by atoms with E-state index in [2.05, 4.69) is 10.5 Å². The summed E-state index contributed by atoms with van der Waals surface area (Å²) in [6.07, 6.45) is -2.08. The lowest BCUT2D eigenvalue weighted by molar-refractivity contribution is -0.137. The Morgan fingerprint density at radius 3 is 2.38 bits per heavy atom. The molecule has 39 heavy (non-hydrogen) atoms. The number of hydrogen-bond donors (Lipinski definition) is 1. The van der Waals surface area contributed by atoms with Crippen molar-refractivity contribution >= 4 is 11.6 Å². The first-order chi connectivity index (χ1) is 18.9. The quantitative estimate of drug-likeness (QED) is 0.247. The van der Waals surface area contributed by atoms with Crippen LogP contribution in [0.1, 0.15) is 35.1 Å². The van der Waals surface area contributed by atoms with Crippen LogP contribution in [0.3, 0.4) is 0 Å². The number of amides is 1. The van der Waals surface area contributed by atoms with Crippen molar-refractivity contribution in [1.29, 1.82) is 0 Å². The van der Waals surface area contributed by atoms with Gasteiger partial charge >= 0.3 is 6.18 Å². The van der Waals surface area contributed by atoms with Gasteiger partial charge in [0.1, 0.15) is 12.4 Å². The minimum Gasteiger partial charge on any atom is -0.484 e. The molecule has 0 aromatic heterocycles. The van der Waals surface area contributed by atoms with Crippen molar-refractivity contribution in [2.45, 2.75) is 32.0 Å². The maximum Gasteiger partial charge on any atom is 0.416 e. The number of rotatable bonds is 11. The van der Waals surface area contributed by atoms with Crippen LogP contribution in [0.15, 0.2) is 84.0 Å². The summed E-state index contributed by atoms with van der Waals surface area (Å²) in [4.78, 5) is 17.7. The van der Waals surface area contributed by atoms with Crippen LogP contribution in [0.4, 0.5) is 13.2 Å². The first-order valence-corrected chi connectivity index (χ1v) is 12.8. The van der Waals surface area contributed by atoms with Gasteiger partial charge in [0.05, 0.1) is 11.3 Å². The van der Waals surface area contributed by atoms with E-state index in [0.717, 1.165) is 49.3 Å². The van der Waals surface area contributed by atoms with Crippen LogP contribution in [-0.2, 0) is 33.6 Å². The molecule has 1 aliphatic heterocycles. The Kier molecular flexibility index (Phi) is 9.97. The second-order valence-electron chi connectivity index (χ2n) is 9.34. The van der Waals surface area contributed by atoms with Crippen molar-refractivity contribution in [3.8, 4) is 5.75 Å². The third-order valence-electron chi connectivity index (χ3n) is 6.36. The summed E-state index contributed by atoms with van der Waals surface area (Å²) in [5, 5.41) is 7.18. The van der Waals surface area contributed by atoms with Crippen LogP contribution in [0.5, 0.6) is 5.75 Å². The molecule has 0 atom stereocenters. The summed E-state index contributed by atoms with van der Waals surface area (Å²) >= 11 is 0. The number of benzene rings is 3. The highest BCUT2D eigenvalue weighted by Crippen LogP contribution is 2.29. The molecule has 0 bridgehead atoms. The average Bonchev–Trinajstić information content (AvgIpc) is 2.95. The van der Waals surface area contributed by atoms with Crippen LogP contribution in [0.25, 0.3) is 0 Å². The zero-order valence-electron chi connectivity index (χ0n) is 21.5. The number of carbonyl (C=O) groups is 1. The third-order valence-corrected chi connectivity index (χ3v) is 6.36. The van der Waals surface area contributed by atoms with Crippen molar-refractivity contribution in [2.24, 2.45) is 11.1 Å². The van der Waals surface area contributed by atoms with Gasteiger partial charge < -0.3 is 19.6 Å². The van der Waals surface area contributed by atoms with E-state index in [1.165, 1.54) is 6.07 Å². The maximum atomic E-state index is 13.0. The first kappa shape index (κ1) is 28.2. The Balaban J connectivity index is 1.37.